The average Bonchev–Trinajstić information content (AvgIpc) is 2.22. The topological polar surface area (TPSA) is 53.7 Å². The predicted octanol–water partition coefficient (Wildman–Crippen LogP) is 1.58. The van der Waals surface area contributed by atoms with E-state index in [1.807, 2.05) is 0 Å². The Morgan fingerprint density at radius 1 is 1.17 bits per heavy atom. The van der Waals surface area contributed by atoms with Crippen LogP contribution in [-0.2, 0) is 14.2 Å². The molecule has 18 heavy (non-hydrogen) atoms. The van der Waals surface area contributed by atoms with E-state index in [0.29, 0.717) is 26.1 Å². The summed E-state index contributed by atoms with van der Waals surface area (Å²) in [6, 6.07) is 0.0921. The van der Waals surface area contributed by atoms with Crippen molar-refractivity contribution in [3.63, 3.8) is 0 Å². The molecule has 0 radical (unpaired) electrons. The standard InChI is InChI=1S/C11H18F3NO3/c12-11(13,14)18-10-3-9(4-10)17-6-8-2-1-7(15)5-16-8/h7-10H,1-6,15H2/t7-,8+,9?,10?/m1/s1. The molecule has 106 valence electrons. The van der Waals surface area contributed by atoms with Crippen LogP contribution in [0.3, 0.4) is 0 Å². The molecule has 2 aliphatic rings. The van der Waals surface area contributed by atoms with E-state index in [1.54, 1.807) is 0 Å². The van der Waals surface area contributed by atoms with Crippen molar-refractivity contribution in [1.82, 2.24) is 0 Å². The Labute approximate surface area is 104 Å². The smallest absolute Gasteiger partial charge is 0.375 e. The normalized spacial score (nSPS) is 37.3. The molecule has 0 aromatic carbocycles. The molecule has 4 nitrogen and oxygen atoms in total. The van der Waals surface area contributed by atoms with Crippen molar-refractivity contribution in [2.24, 2.45) is 5.73 Å². The van der Waals surface area contributed by atoms with Gasteiger partial charge in [0, 0.05) is 18.9 Å². The maximum absolute atomic E-state index is 11.9. The highest BCUT2D eigenvalue weighted by Gasteiger charge is 2.40. The van der Waals surface area contributed by atoms with Crippen LogP contribution in [0.15, 0.2) is 0 Å². The third kappa shape index (κ3) is 4.38. The SMILES string of the molecule is N[C@@H]1CC[C@@H](COC2CC(OC(F)(F)F)C2)OC1. The Morgan fingerprint density at radius 3 is 2.44 bits per heavy atom. The number of halogens is 3. The van der Waals surface area contributed by atoms with Crippen LogP contribution in [0.2, 0.25) is 0 Å². The third-order valence-electron chi connectivity index (χ3n) is 3.28. The molecule has 0 unspecified atom stereocenters. The van der Waals surface area contributed by atoms with Crippen molar-refractivity contribution in [2.75, 3.05) is 13.2 Å². The molecule has 1 aliphatic heterocycles. The van der Waals surface area contributed by atoms with Crippen molar-refractivity contribution < 1.29 is 27.4 Å². The van der Waals surface area contributed by atoms with E-state index in [2.05, 4.69) is 4.74 Å². The second-order valence-corrected chi connectivity index (χ2v) is 4.91. The minimum absolute atomic E-state index is 0.0207. The maximum Gasteiger partial charge on any atom is 0.522 e. The first-order chi connectivity index (χ1) is 8.42. The van der Waals surface area contributed by atoms with Gasteiger partial charge < -0.3 is 15.2 Å². The Kier molecular flexibility index (Phi) is 4.47. The van der Waals surface area contributed by atoms with Gasteiger partial charge in [-0.25, -0.2) is 0 Å². The Balaban J connectivity index is 1.55. The molecule has 2 atom stereocenters. The maximum atomic E-state index is 11.9. The molecule has 1 aliphatic carbocycles. The number of nitrogens with two attached hydrogens (primary N) is 1. The van der Waals surface area contributed by atoms with Gasteiger partial charge in [-0.1, -0.05) is 0 Å². The first kappa shape index (κ1) is 14.0. The monoisotopic (exact) mass is 269 g/mol. The quantitative estimate of drug-likeness (QED) is 0.842. The molecule has 0 bridgehead atoms. The van der Waals surface area contributed by atoms with Crippen LogP contribution in [0.4, 0.5) is 13.2 Å². The summed E-state index contributed by atoms with van der Waals surface area (Å²) in [5, 5.41) is 0. The van der Waals surface area contributed by atoms with Gasteiger partial charge in [0.1, 0.15) is 0 Å². The van der Waals surface area contributed by atoms with Gasteiger partial charge in [-0.05, 0) is 12.8 Å². The molecule has 0 aromatic heterocycles. The van der Waals surface area contributed by atoms with Crippen molar-refractivity contribution in [1.29, 1.82) is 0 Å². The third-order valence-corrected chi connectivity index (χ3v) is 3.28. The number of rotatable bonds is 4. The van der Waals surface area contributed by atoms with Crippen LogP contribution in [-0.4, -0.2) is 43.9 Å². The molecular formula is C11H18F3NO3. The van der Waals surface area contributed by atoms with Gasteiger partial charge in [0.2, 0.25) is 0 Å². The van der Waals surface area contributed by atoms with Gasteiger partial charge in [-0.3, -0.25) is 4.74 Å². The highest BCUT2D eigenvalue weighted by molar-refractivity contribution is 4.82. The van der Waals surface area contributed by atoms with Crippen LogP contribution >= 0.6 is 0 Å². The van der Waals surface area contributed by atoms with Gasteiger partial charge in [0.05, 0.1) is 31.5 Å². The summed E-state index contributed by atoms with van der Waals surface area (Å²) in [6.45, 7) is 0.953. The van der Waals surface area contributed by atoms with Gasteiger partial charge >= 0.3 is 6.36 Å². The van der Waals surface area contributed by atoms with E-state index in [-0.39, 0.29) is 18.2 Å². The summed E-state index contributed by atoms with van der Waals surface area (Å²) < 4.78 is 50.4. The fourth-order valence-corrected chi connectivity index (χ4v) is 2.14. The summed E-state index contributed by atoms with van der Waals surface area (Å²) >= 11 is 0. The highest BCUT2D eigenvalue weighted by Crippen LogP contribution is 2.32. The summed E-state index contributed by atoms with van der Waals surface area (Å²) in [5.74, 6) is 0. The van der Waals surface area contributed by atoms with Crippen LogP contribution in [0.1, 0.15) is 25.7 Å². The lowest BCUT2D eigenvalue weighted by atomic mass is 9.92. The molecule has 2 rings (SSSR count). The molecule has 1 heterocycles. The van der Waals surface area contributed by atoms with Crippen molar-refractivity contribution in [3.8, 4) is 0 Å². The summed E-state index contributed by atoms with van der Waals surface area (Å²) in [4.78, 5) is 0. The van der Waals surface area contributed by atoms with Gasteiger partial charge in [-0.15, -0.1) is 13.2 Å². The lowest BCUT2D eigenvalue weighted by Gasteiger charge is -2.36. The molecule has 2 N–H and O–H groups in total. The summed E-state index contributed by atoms with van der Waals surface area (Å²) in [7, 11) is 0. The minimum Gasteiger partial charge on any atom is -0.375 e. The Bertz CT molecular complexity index is 261. The zero-order chi connectivity index (χ0) is 13.2. The lowest BCUT2D eigenvalue weighted by Crippen LogP contribution is -2.43. The van der Waals surface area contributed by atoms with Crippen molar-refractivity contribution in [2.45, 2.75) is 56.4 Å². The van der Waals surface area contributed by atoms with Crippen molar-refractivity contribution >= 4 is 0 Å². The lowest BCUT2D eigenvalue weighted by molar-refractivity contribution is -0.357. The van der Waals surface area contributed by atoms with Crippen LogP contribution in [0.5, 0.6) is 0 Å². The molecule has 1 saturated carbocycles. The van der Waals surface area contributed by atoms with Crippen molar-refractivity contribution in [3.05, 3.63) is 0 Å². The Morgan fingerprint density at radius 2 is 1.89 bits per heavy atom. The zero-order valence-electron chi connectivity index (χ0n) is 9.99. The van der Waals surface area contributed by atoms with Crippen LogP contribution in [0.25, 0.3) is 0 Å². The summed E-state index contributed by atoms with van der Waals surface area (Å²) in [5.41, 5.74) is 5.68. The minimum atomic E-state index is -4.54. The molecule has 2 fully saturated rings. The van der Waals surface area contributed by atoms with E-state index in [9.17, 15) is 13.2 Å². The summed E-state index contributed by atoms with van der Waals surface area (Å²) in [6.07, 6.45) is -3.08. The molecule has 7 heteroatoms. The highest BCUT2D eigenvalue weighted by atomic mass is 19.4. The zero-order valence-corrected chi connectivity index (χ0v) is 9.99. The number of ether oxygens (including phenoxy) is 3. The van der Waals surface area contributed by atoms with E-state index in [4.69, 9.17) is 15.2 Å². The van der Waals surface area contributed by atoms with Crippen LogP contribution in [0, 0.1) is 0 Å². The largest absolute Gasteiger partial charge is 0.522 e. The van der Waals surface area contributed by atoms with E-state index < -0.39 is 12.5 Å². The predicted molar refractivity (Wildman–Crippen MR) is 56.9 cm³/mol. The first-order valence-electron chi connectivity index (χ1n) is 6.15. The van der Waals surface area contributed by atoms with E-state index in [0.717, 1.165) is 12.8 Å². The molecule has 0 amide bonds. The molecule has 0 spiro atoms. The number of alkyl halides is 3. The average molecular weight is 269 g/mol. The number of hydrogen-bond acceptors (Lipinski definition) is 4. The molecule has 1 saturated heterocycles. The fraction of sp³-hybridized carbons (Fsp3) is 1.00. The first-order valence-corrected chi connectivity index (χ1v) is 6.15. The van der Waals surface area contributed by atoms with Crippen LogP contribution < -0.4 is 5.73 Å². The second kappa shape index (κ2) is 5.73. The second-order valence-electron chi connectivity index (χ2n) is 4.91. The van der Waals surface area contributed by atoms with Gasteiger partial charge in [0.25, 0.3) is 0 Å². The number of hydrogen-bond donors (Lipinski definition) is 1. The Hall–Kier alpha value is -0.370. The molecular weight excluding hydrogens is 251 g/mol. The molecule has 0 aromatic rings. The van der Waals surface area contributed by atoms with E-state index >= 15 is 0 Å². The van der Waals surface area contributed by atoms with Gasteiger partial charge in [-0.2, -0.15) is 0 Å². The van der Waals surface area contributed by atoms with Gasteiger partial charge in [0.15, 0.2) is 0 Å². The fourth-order valence-electron chi connectivity index (χ4n) is 2.14. The van der Waals surface area contributed by atoms with E-state index in [1.165, 1.54) is 0 Å².